The summed E-state index contributed by atoms with van der Waals surface area (Å²) in [4.78, 5) is 11.9. The second-order valence-corrected chi connectivity index (χ2v) is 6.21. The fraction of sp³-hybridized carbons (Fsp3) is 0.533. The van der Waals surface area contributed by atoms with Crippen LogP contribution < -0.4 is 10.6 Å². The largest absolute Gasteiger partial charge is 0.322 e. The van der Waals surface area contributed by atoms with Gasteiger partial charge < -0.3 is 10.6 Å². The maximum Gasteiger partial charge on any atom is 0.238 e. The Bertz CT molecular complexity index is 429. The number of rotatable bonds is 7. The third-order valence-electron chi connectivity index (χ3n) is 3.02. The summed E-state index contributed by atoms with van der Waals surface area (Å²) in [5, 5.41) is 6.82. The third-order valence-corrected chi connectivity index (χ3v) is 3.65. The lowest BCUT2D eigenvalue weighted by atomic mass is 10.0. The van der Waals surface area contributed by atoms with Gasteiger partial charge in [0.2, 0.25) is 5.91 Å². The molecule has 0 aliphatic rings. The number of para-hydroxylation sites is 1. The van der Waals surface area contributed by atoms with Crippen LogP contribution in [0.25, 0.3) is 0 Å². The van der Waals surface area contributed by atoms with Crippen molar-refractivity contribution < 1.29 is 4.79 Å². The molecule has 2 N–H and O–H groups in total. The lowest BCUT2D eigenvalue weighted by molar-refractivity contribution is -0.115. The first-order valence-electron chi connectivity index (χ1n) is 6.87. The van der Waals surface area contributed by atoms with E-state index in [1.54, 1.807) is 18.2 Å². The molecule has 1 rings (SSSR count). The molecule has 0 fully saturated rings. The number of amides is 1. The van der Waals surface area contributed by atoms with Crippen LogP contribution >= 0.6 is 23.2 Å². The van der Waals surface area contributed by atoms with Gasteiger partial charge in [0.15, 0.2) is 0 Å². The average Bonchev–Trinajstić information content (AvgIpc) is 2.38. The molecule has 0 aromatic heterocycles. The van der Waals surface area contributed by atoms with Crippen molar-refractivity contribution in [3.63, 3.8) is 0 Å². The summed E-state index contributed by atoms with van der Waals surface area (Å²) in [5.41, 5.74) is 0.470. The number of nitrogens with one attached hydrogen (secondary N) is 2. The summed E-state index contributed by atoms with van der Waals surface area (Å²) in [6, 6.07) is 5.45. The van der Waals surface area contributed by atoms with Gasteiger partial charge in [-0.15, -0.1) is 0 Å². The third kappa shape index (κ3) is 6.12. The first-order valence-corrected chi connectivity index (χ1v) is 7.63. The molecule has 1 atom stereocenters. The molecule has 0 bridgehead atoms. The molecule has 1 aromatic rings. The van der Waals surface area contributed by atoms with Crippen molar-refractivity contribution in [2.24, 2.45) is 5.92 Å². The van der Waals surface area contributed by atoms with E-state index in [-0.39, 0.29) is 12.5 Å². The molecule has 1 aromatic carbocycles. The van der Waals surface area contributed by atoms with E-state index >= 15 is 0 Å². The molecule has 0 heterocycles. The van der Waals surface area contributed by atoms with E-state index in [4.69, 9.17) is 23.2 Å². The van der Waals surface area contributed by atoms with Crippen LogP contribution in [0.3, 0.4) is 0 Å². The molecule has 20 heavy (non-hydrogen) atoms. The minimum Gasteiger partial charge on any atom is -0.322 e. The van der Waals surface area contributed by atoms with Crippen molar-refractivity contribution in [3.8, 4) is 0 Å². The number of halogens is 2. The highest BCUT2D eigenvalue weighted by atomic mass is 35.5. The molecule has 0 spiro atoms. The smallest absolute Gasteiger partial charge is 0.238 e. The average molecular weight is 317 g/mol. The Hall–Kier alpha value is -0.770. The fourth-order valence-electron chi connectivity index (χ4n) is 1.75. The van der Waals surface area contributed by atoms with Crippen LogP contribution in [-0.2, 0) is 4.79 Å². The van der Waals surface area contributed by atoms with Gasteiger partial charge in [0.25, 0.3) is 0 Å². The van der Waals surface area contributed by atoms with E-state index in [9.17, 15) is 4.79 Å². The van der Waals surface area contributed by atoms with Gasteiger partial charge in [0, 0.05) is 6.04 Å². The maximum atomic E-state index is 11.9. The minimum absolute atomic E-state index is 0.142. The van der Waals surface area contributed by atoms with Gasteiger partial charge in [-0.3, -0.25) is 4.79 Å². The van der Waals surface area contributed by atoms with E-state index in [0.717, 1.165) is 12.8 Å². The molecule has 1 unspecified atom stereocenters. The Balaban J connectivity index is 2.40. The van der Waals surface area contributed by atoms with Gasteiger partial charge in [0.05, 0.1) is 22.3 Å². The van der Waals surface area contributed by atoms with Gasteiger partial charge in [-0.05, 0) is 37.8 Å². The Kier molecular flexibility index (Phi) is 7.35. The van der Waals surface area contributed by atoms with Gasteiger partial charge in [-0.25, -0.2) is 0 Å². The number of carbonyl (C=O) groups is 1. The van der Waals surface area contributed by atoms with Crippen molar-refractivity contribution >= 4 is 34.8 Å². The zero-order valence-corrected chi connectivity index (χ0v) is 13.7. The highest BCUT2D eigenvalue weighted by Gasteiger charge is 2.10. The zero-order chi connectivity index (χ0) is 15.1. The lowest BCUT2D eigenvalue weighted by Crippen LogP contribution is -2.34. The fourth-order valence-corrected chi connectivity index (χ4v) is 2.25. The molecule has 5 heteroatoms. The Morgan fingerprint density at radius 1 is 1.15 bits per heavy atom. The molecule has 112 valence electrons. The first-order chi connectivity index (χ1) is 9.40. The van der Waals surface area contributed by atoms with Gasteiger partial charge in [-0.1, -0.05) is 43.1 Å². The number of carbonyl (C=O) groups excluding carboxylic acids is 1. The van der Waals surface area contributed by atoms with Gasteiger partial charge in [-0.2, -0.15) is 0 Å². The summed E-state index contributed by atoms with van der Waals surface area (Å²) in [5.74, 6) is 0.534. The number of hydrogen-bond donors (Lipinski definition) is 2. The molecule has 0 aliphatic carbocycles. The number of anilines is 1. The zero-order valence-electron chi connectivity index (χ0n) is 12.2. The normalized spacial score (nSPS) is 12.5. The predicted molar refractivity (Wildman–Crippen MR) is 86.6 cm³/mol. The van der Waals surface area contributed by atoms with E-state index in [1.165, 1.54) is 0 Å². The van der Waals surface area contributed by atoms with Crippen LogP contribution in [0.4, 0.5) is 5.69 Å². The summed E-state index contributed by atoms with van der Waals surface area (Å²) in [6.07, 6.45) is 2.20. The van der Waals surface area contributed by atoms with Crippen LogP contribution in [0.15, 0.2) is 18.2 Å². The molecular formula is C15H22Cl2N2O. The maximum absolute atomic E-state index is 11.9. The summed E-state index contributed by atoms with van der Waals surface area (Å²) >= 11 is 12.0. The van der Waals surface area contributed by atoms with Crippen molar-refractivity contribution in [3.05, 3.63) is 28.2 Å². The second kappa shape index (κ2) is 8.50. The van der Waals surface area contributed by atoms with Crippen LogP contribution in [0.2, 0.25) is 10.0 Å². The minimum atomic E-state index is -0.142. The molecular weight excluding hydrogens is 295 g/mol. The van der Waals surface area contributed by atoms with Gasteiger partial charge in [0.1, 0.15) is 0 Å². The van der Waals surface area contributed by atoms with E-state index in [2.05, 4.69) is 31.4 Å². The van der Waals surface area contributed by atoms with E-state index < -0.39 is 0 Å². The summed E-state index contributed by atoms with van der Waals surface area (Å²) in [6.45, 7) is 6.72. The standard InChI is InChI=1S/C15H22Cl2N2O/c1-10(2)7-8-11(3)18-9-14(20)19-15-12(16)5-4-6-13(15)17/h4-6,10-11,18H,7-9H2,1-3H3,(H,19,20). The van der Waals surface area contributed by atoms with Crippen molar-refractivity contribution in [1.82, 2.24) is 5.32 Å². The summed E-state index contributed by atoms with van der Waals surface area (Å²) in [7, 11) is 0. The van der Waals surface area contributed by atoms with Crippen LogP contribution in [0.1, 0.15) is 33.6 Å². The summed E-state index contributed by atoms with van der Waals surface area (Å²) < 4.78 is 0. The molecule has 0 saturated heterocycles. The van der Waals surface area contributed by atoms with Crippen molar-refractivity contribution in [1.29, 1.82) is 0 Å². The number of benzene rings is 1. The molecule has 0 aliphatic heterocycles. The first kappa shape index (κ1) is 17.3. The van der Waals surface area contributed by atoms with E-state index in [1.807, 2.05) is 0 Å². The predicted octanol–water partition coefficient (Wildman–Crippen LogP) is 4.35. The molecule has 1 amide bonds. The highest BCUT2D eigenvalue weighted by molar-refractivity contribution is 6.39. The number of hydrogen-bond acceptors (Lipinski definition) is 2. The topological polar surface area (TPSA) is 41.1 Å². The van der Waals surface area contributed by atoms with Crippen LogP contribution in [0, 0.1) is 5.92 Å². The second-order valence-electron chi connectivity index (χ2n) is 5.40. The monoisotopic (exact) mass is 316 g/mol. The van der Waals surface area contributed by atoms with Crippen molar-refractivity contribution in [2.75, 3.05) is 11.9 Å². The lowest BCUT2D eigenvalue weighted by Gasteiger charge is -2.15. The van der Waals surface area contributed by atoms with Crippen molar-refractivity contribution in [2.45, 2.75) is 39.7 Å². The van der Waals surface area contributed by atoms with Crippen LogP contribution in [-0.4, -0.2) is 18.5 Å². The highest BCUT2D eigenvalue weighted by Crippen LogP contribution is 2.29. The Labute approximate surface area is 131 Å². The SMILES string of the molecule is CC(C)CCC(C)NCC(=O)Nc1c(Cl)cccc1Cl. The Morgan fingerprint density at radius 2 is 1.75 bits per heavy atom. The quantitative estimate of drug-likeness (QED) is 0.785. The molecule has 3 nitrogen and oxygen atoms in total. The van der Waals surface area contributed by atoms with Gasteiger partial charge >= 0.3 is 0 Å². The molecule has 0 radical (unpaired) electrons. The van der Waals surface area contributed by atoms with E-state index in [0.29, 0.717) is 27.7 Å². The Morgan fingerprint density at radius 3 is 2.30 bits per heavy atom. The van der Waals surface area contributed by atoms with Crippen LogP contribution in [0.5, 0.6) is 0 Å². The molecule has 0 saturated carbocycles.